The van der Waals surface area contributed by atoms with Crippen LogP contribution in [-0.2, 0) is 0 Å². The number of rotatable bonds is 15. The Kier molecular flexibility index (Phi) is 18.2. The van der Waals surface area contributed by atoms with Crippen molar-refractivity contribution in [3.8, 4) is 23.7 Å². The minimum absolute atomic E-state index is 0.236. The van der Waals surface area contributed by atoms with Crippen LogP contribution >= 0.6 is 0 Å². The van der Waals surface area contributed by atoms with Gasteiger partial charge in [0.25, 0.3) is 0 Å². The number of hydrogen-bond acceptors (Lipinski definition) is 3. The maximum atomic E-state index is 5.60. The molecule has 2 saturated heterocycles. The molecule has 10 unspecified atom stereocenters. The number of hydrogen-bond donors (Lipinski definition) is 0. The summed E-state index contributed by atoms with van der Waals surface area (Å²) in [5.74, 6) is 19.5. The lowest BCUT2D eigenvalue weighted by Crippen LogP contribution is -2.47. The lowest BCUT2D eigenvalue weighted by Gasteiger charge is -2.47. The van der Waals surface area contributed by atoms with Gasteiger partial charge in [0.1, 0.15) is 0 Å². The highest BCUT2D eigenvalue weighted by Crippen LogP contribution is 2.55. The van der Waals surface area contributed by atoms with Crippen LogP contribution in [-0.4, -0.2) is 45.7 Å². The summed E-state index contributed by atoms with van der Waals surface area (Å²) in [5, 5.41) is 0. The number of nitrogens with zero attached hydrogens (tertiary/aromatic N) is 3. The van der Waals surface area contributed by atoms with Crippen LogP contribution in [0.3, 0.4) is 0 Å². The lowest BCUT2D eigenvalue weighted by atomic mass is 9.63. The molecule has 0 aromatic carbocycles. The molecule has 370 valence electrons. The van der Waals surface area contributed by atoms with Crippen molar-refractivity contribution >= 4 is 5.71 Å². The summed E-state index contributed by atoms with van der Waals surface area (Å²) in [6, 6.07) is 2.59. The zero-order valence-electron chi connectivity index (χ0n) is 44.1. The van der Waals surface area contributed by atoms with Crippen LogP contribution in [0.2, 0.25) is 0 Å². The molecule has 0 N–H and O–H groups in total. The van der Waals surface area contributed by atoms with E-state index in [-0.39, 0.29) is 6.04 Å². The van der Waals surface area contributed by atoms with E-state index >= 15 is 0 Å². The summed E-state index contributed by atoms with van der Waals surface area (Å²) in [5.41, 5.74) is 7.11. The Labute approximate surface area is 418 Å². The van der Waals surface area contributed by atoms with Crippen molar-refractivity contribution in [2.75, 3.05) is 0 Å². The van der Waals surface area contributed by atoms with Crippen LogP contribution in [0.1, 0.15) is 208 Å². The molecule has 4 saturated carbocycles. The Balaban J connectivity index is 1.04. The molecule has 6 fully saturated rings. The zero-order chi connectivity index (χ0) is 47.6. The van der Waals surface area contributed by atoms with E-state index < -0.39 is 0 Å². The van der Waals surface area contributed by atoms with Crippen molar-refractivity contribution in [2.24, 2.45) is 57.8 Å². The monoisotopic (exact) mass is 918 g/mol. The van der Waals surface area contributed by atoms with Crippen molar-refractivity contribution in [3.63, 3.8) is 0 Å². The first kappa shape index (κ1) is 51.1. The van der Waals surface area contributed by atoms with Gasteiger partial charge in [-0.05, 0) is 170 Å². The van der Waals surface area contributed by atoms with Crippen molar-refractivity contribution in [1.82, 2.24) is 9.80 Å². The van der Waals surface area contributed by atoms with Gasteiger partial charge in [0, 0.05) is 59.5 Å². The first-order valence-corrected chi connectivity index (χ1v) is 28.9. The molecule has 68 heavy (non-hydrogen) atoms. The van der Waals surface area contributed by atoms with E-state index in [0.29, 0.717) is 53.3 Å². The Bertz CT molecular complexity index is 2020. The van der Waals surface area contributed by atoms with Gasteiger partial charge in [0.05, 0.1) is 12.0 Å². The first-order chi connectivity index (χ1) is 33.1. The van der Waals surface area contributed by atoms with Crippen molar-refractivity contribution < 1.29 is 0 Å². The smallest absolute Gasteiger partial charge is 0.0905 e. The molecular formula is C65H95N3. The average Bonchev–Trinajstić information content (AvgIpc) is 3.74. The molecule has 0 amide bonds. The predicted molar refractivity (Wildman–Crippen MR) is 292 cm³/mol. The SMILES string of the molecule is C=CC(CCCC)/C(C)=C/C(=NC(=C)C1CCCCCC1)C1CCC(N2C3=CC=CC#CC3CC3CCC(C(C)(CC)CC4C(C)N(C5C#CCCC(=C)CC=C5)C5CCCC[C@H]45)CC2C3)CC1. The van der Waals surface area contributed by atoms with Gasteiger partial charge in [-0.25, -0.2) is 0 Å². The molecule has 0 radical (unpaired) electrons. The highest BCUT2D eigenvalue weighted by molar-refractivity contribution is 5.98. The van der Waals surface area contributed by atoms with E-state index in [1.165, 1.54) is 171 Å². The summed E-state index contributed by atoms with van der Waals surface area (Å²) >= 11 is 0. The van der Waals surface area contributed by atoms with Crippen LogP contribution < -0.4 is 0 Å². The second-order valence-electron chi connectivity index (χ2n) is 24.0. The molecule has 0 aromatic rings. The molecule has 8 rings (SSSR count). The predicted octanol–water partition coefficient (Wildman–Crippen LogP) is 16.7. The maximum absolute atomic E-state index is 5.60. The maximum Gasteiger partial charge on any atom is 0.0905 e. The Hall–Kier alpha value is -3.27. The minimum Gasteiger partial charge on any atom is -0.368 e. The van der Waals surface area contributed by atoms with Gasteiger partial charge in [0.15, 0.2) is 0 Å². The van der Waals surface area contributed by atoms with Crippen molar-refractivity contribution in [1.29, 1.82) is 0 Å². The molecule has 3 nitrogen and oxygen atoms in total. The summed E-state index contributed by atoms with van der Waals surface area (Å²) in [6.07, 6.45) is 50.6. The molecule has 3 heteroatoms. The molecule has 2 bridgehead atoms. The van der Waals surface area contributed by atoms with E-state index in [1.54, 1.807) is 5.70 Å². The van der Waals surface area contributed by atoms with Crippen LogP contribution in [0.15, 0.2) is 89.8 Å². The standard InChI is InChI=1S/C65H95N3/c1-9-12-27-52(10-2)48(5)42-62(66-49(6)53-28-16-13-14-17-29-53)54-37-40-58(41-38-54)68-59-44-51(43-55-30-18-15-19-34-63(55)68)36-39-56(45-59)65(8,11-3)46-61-50(7)67(64-35-23-22-33-60(61)64)57-31-21-20-25-47(4)26-24-32-57/h10,15,19,24,32,34,42,50-61,64H,2,4,6,9,11-14,16-17,20,22-23,25-29,33,35-41,43-46H2,1,3,5,7-8H3/b32-24?,48-42+,66-62?/t50?,51?,52?,54?,55?,56?,57?,58?,59?,60-,61?,64?,65?/m1/s1. The van der Waals surface area contributed by atoms with Gasteiger partial charge in [-0.15, -0.1) is 12.5 Å². The summed E-state index contributed by atoms with van der Waals surface area (Å²) in [6.45, 7) is 26.0. The highest BCUT2D eigenvalue weighted by Gasteiger charge is 2.52. The van der Waals surface area contributed by atoms with Gasteiger partial charge < -0.3 is 4.90 Å². The third-order valence-corrected chi connectivity index (χ3v) is 19.8. The number of allylic oxidation sites excluding steroid dienone is 10. The van der Waals surface area contributed by atoms with E-state index in [1.807, 2.05) is 0 Å². The number of fused-ring (bicyclic) bond motifs is 4. The second-order valence-corrected chi connectivity index (χ2v) is 24.0. The average molecular weight is 918 g/mol. The third-order valence-electron chi connectivity index (χ3n) is 19.8. The Morgan fingerprint density at radius 2 is 1.69 bits per heavy atom. The van der Waals surface area contributed by atoms with Crippen molar-refractivity contribution in [3.05, 3.63) is 84.8 Å². The normalized spacial score (nSPS) is 35.4. The van der Waals surface area contributed by atoms with Gasteiger partial charge in [-0.3, -0.25) is 9.89 Å². The third kappa shape index (κ3) is 12.1. The molecular weight excluding hydrogens is 823 g/mol. The van der Waals surface area contributed by atoms with Crippen molar-refractivity contribution in [2.45, 2.75) is 238 Å². The van der Waals surface area contributed by atoms with E-state index in [4.69, 9.17) is 11.6 Å². The van der Waals surface area contributed by atoms with Crippen LogP contribution in [0.25, 0.3) is 0 Å². The molecule has 2 heterocycles. The minimum atomic E-state index is 0.236. The lowest BCUT2D eigenvalue weighted by molar-refractivity contribution is 0.0576. The molecule has 11 atom stereocenters. The number of aliphatic imine (C=N–C) groups is 1. The fourth-order valence-electron chi connectivity index (χ4n) is 15.6. The van der Waals surface area contributed by atoms with Crippen LogP contribution in [0.5, 0.6) is 0 Å². The Morgan fingerprint density at radius 1 is 0.912 bits per heavy atom. The summed E-state index contributed by atoms with van der Waals surface area (Å²) in [7, 11) is 0. The van der Waals surface area contributed by atoms with Crippen LogP contribution in [0, 0.1) is 76.4 Å². The highest BCUT2D eigenvalue weighted by atomic mass is 15.2. The fraction of sp³-hybridized carbons (Fsp3) is 0.708. The molecule has 2 aliphatic heterocycles. The molecule has 0 aromatic heterocycles. The van der Waals surface area contributed by atoms with Gasteiger partial charge in [-0.1, -0.05) is 151 Å². The molecule has 0 spiro atoms. The first-order valence-electron chi connectivity index (χ1n) is 28.9. The zero-order valence-corrected chi connectivity index (χ0v) is 44.1. The van der Waals surface area contributed by atoms with Gasteiger partial charge in [-0.2, -0.15) is 0 Å². The van der Waals surface area contributed by atoms with E-state index in [0.717, 1.165) is 48.6 Å². The number of unbranched alkanes of at least 4 members (excludes halogenated alkanes) is 1. The Morgan fingerprint density at radius 3 is 2.46 bits per heavy atom. The summed E-state index contributed by atoms with van der Waals surface area (Å²) in [4.78, 5) is 11.6. The molecule has 6 aliphatic carbocycles. The van der Waals surface area contributed by atoms with Gasteiger partial charge in [0.2, 0.25) is 0 Å². The number of likely N-dealkylation sites (tertiary alicyclic amines) is 2. The fourth-order valence-corrected chi connectivity index (χ4v) is 15.6. The van der Waals surface area contributed by atoms with E-state index in [9.17, 15) is 0 Å². The quantitative estimate of drug-likeness (QED) is 0.0705. The molecule has 8 aliphatic rings. The topological polar surface area (TPSA) is 18.8 Å². The largest absolute Gasteiger partial charge is 0.368 e. The van der Waals surface area contributed by atoms with E-state index in [2.05, 4.69) is 124 Å². The van der Waals surface area contributed by atoms with Crippen LogP contribution in [0.4, 0.5) is 0 Å². The van der Waals surface area contributed by atoms with Gasteiger partial charge >= 0.3 is 0 Å². The summed E-state index contributed by atoms with van der Waals surface area (Å²) < 4.78 is 0. The second kappa shape index (κ2) is 24.2.